The second-order valence-electron chi connectivity index (χ2n) is 10.2. The molecule has 2 fully saturated rings. The van der Waals surface area contributed by atoms with Gasteiger partial charge < -0.3 is 14.6 Å². The van der Waals surface area contributed by atoms with Gasteiger partial charge in [-0.15, -0.1) is 0 Å². The zero-order valence-corrected chi connectivity index (χ0v) is 21.9. The van der Waals surface area contributed by atoms with Gasteiger partial charge in [0.25, 0.3) is 5.91 Å². The van der Waals surface area contributed by atoms with Crippen LogP contribution >= 0.6 is 0 Å². The maximum atomic E-state index is 15.3. The number of aromatic nitrogens is 1. The largest absolute Gasteiger partial charge is 0.477 e. The van der Waals surface area contributed by atoms with Gasteiger partial charge in [-0.1, -0.05) is 23.8 Å². The molecular formula is C30H27FN4O5. The number of rotatable bonds is 7. The van der Waals surface area contributed by atoms with E-state index < -0.39 is 23.1 Å². The Morgan fingerprint density at radius 3 is 2.48 bits per heavy atom. The minimum Gasteiger partial charge on any atom is -0.477 e. The van der Waals surface area contributed by atoms with Crippen molar-refractivity contribution in [3.63, 3.8) is 0 Å². The number of carbonyl (C=O) groups excluding carboxylic acids is 2. The molecule has 2 aromatic carbocycles. The molecule has 0 atom stereocenters. The van der Waals surface area contributed by atoms with E-state index in [-0.39, 0.29) is 23.5 Å². The van der Waals surface area contributed by atoms with Gasteiger partial charge >= 0.3 is 5.97 Å². The fourth-order valence-electron chi connectivity index (χ4n) is 5.25. The number of imide groups is 1. The average molecular weight is 543 g/mol. The van der Waals surface area contributed by atoms with Crippen molar-refractivity contribution >= 4 is 34.9 Å². The number of benzene rings is 2. The monoisotopic (exact) mass is 542 g/mol. The number of carboxylic acids is 1. The molecule has 3 aromatic rings. The Labute approximate surface area is 229 Å². The number of aryl methyl sites for hydroxylation is 1. The van der Waals surface area contributed by atoms with Gasteiger partial charge in [-0.3, -0.25) is 19.3 Å². The lowest BCUT2D eigenvalue weighted by Crippen LogP contribution is -2.34. The van der Waals surface area contributed by atoms with Crippen LogP contribution in [0.15, 0.2) is 58.5 Å². The van der Waals surface area contributed by atoms with Crippen LogP contribution in [0.25, 0.3) is 10.9 Å². The summed E-state index contributed by atoms with van der Waals surface area (Å²) in [4.78, 5) is 51.9. The molecule has 9 nitrogen and oxygen atoms in total. The third kappa shape index (κ3) is 4.98. The lowest BCUT2D eigenvalue weighted by molar-refractivity contribution is -0.115. The first-order valence-electron chi connectivity index (χ1n) is 13.0. The summed E-state index contributed by atoms with van der Waals surface area (Å²) in [6.07, 6.45) is 4.34. The van der Waals surface area contributed by atoms with E-state index in [1.54, 1.807) is 41.8 Å². The summed E-state index contributed by atoms with van der Waals surface area (Å²) in [7, 11) is 0. The minimum absolute atomic E-state index is 0.0321. The van der Waals surface area contributed by atoms with Crippen LogP contribution in [0.5, 0.6) is 0 Å². The number of hydrogen-bond acceptors (Lipinski definition) is 6. The molecule has 5 rings (SSSR count). The topological polar surface area (TPSA) is 124 Å². The average Bonchev–Trinajstić information content (AvgIpc) is 3.79. The summed E-state index contributed by atoms with van der Waals surface area (Å²) in [6.45, 7) is 2.40. The maximum Gasteiger partial charge on any atom is 0.341 e. The Morgan fingerprint density at radius 2 is 1.88 bits per heavy atom. The van der Waals surface area contributed by atoms with E-state index in [0.29, 0.717) is 54.7 Å². The van der Waals surface area contributed by atoms with E-state index in [0.717, 1.165) is 34.9 Å². The van der Waals surface area contributed by atoms with Crippen LogP contribution < -0.4 is 10.3 Å². The molecule has 0 unspecified atom stereocenters. The van der Waals surface area contributed by atoms with E-state index in [9.17, 15) is 29.5 Å². The molecule has 1 aliphatic carbocycles. The van der Waals surface area contributed by atoms with Crippen molar-refractivity contribution in [3.8, 4) is 6.07 Å². The van der Waals surface area contributed by atoms with E-state index >= 15 is 4.39 Å². The van der Waals surface area contributed by atoms with Crippen molar-refractivity contribution in [3.05, 3.63) is 86.5 Å². The van der Waals surface area contributed by atoms with Gasteiger partial charge in [-0.25, -0.2) is 9.18 Å². The third-order valence-corrected chi connectivity index (χ3v) is 7.63. The van der Waals surface area contributed by atoms with Gasteiger partial charge in [0.05, 0.1) is 23.8 Å². The summed E-state index contributed by atoms with van der Waals surface area (Å²) >= 11 is 0. The Balaban J connectivity index is 1.39. The van der Waals surface area contributed by atoms with Crippen LogP contribution in [0.3, 0.4) is 0 Å². The zero-order chi connectivity index (χ0) is 28.6. The van der Waals surface area contributed by atoms with E-state index in [4.69, 9.17) is 0 Å². The first-order chi connectivity index (χ1) is 19.2. The number of anilines is 1. The van der Waals surface area contributed by atoms with Crippen LogP contribution in [0.1, 0.15) is 58.0 Å². The van der Waals surface area contributed by atoms with Crippen molar-refractivity contribution in [2.45, 2.75) is 38.6 Å². The highest BCUT2D eigenvalue weighted by atomic mass is 19.1. The van der Waals surface area contributed by atoms with Crippen LogP contribution in [-0.2, 0) is 4.79 Å². The normalized spacial score (nSPS) is 15.0. The summed E-state index contributed by atoms with van der Waals surface area (Å²) in [5.74, 6) is -2.45. The molecule has 1 aromatic heterocycles. The summed E-state index contributed by atoms with van der Waals surface area (Å²) < 4.78 is 17.1. The molecule has 10 heteroatoms. The highest BCUT2D eigenvalue weighted by Gasteiger charge is 2.29. The van der Waals surface area contributed by atoms with Crippen LogP contribution in [0.2, 0.25) is 0 Å². The quantitative estimate of drug-likeness (QED) is 0.351. The second kappa shape index (κ2) is 10.8. The number of aromatic carboxylic acids is 1. The molecule has 1 saturated carbocycles. The van der Waals surface area contributed by atoms with Crippen molar-refractivity contribution in [1.82, 2.24) is 9.47 Å². The van der Waals surface area contributed by atoms with Crippen molar-refractivity contribution < 1.29 is 23.9 Å². The third-order valence-electron chi connectivity index (χ3n) is 7.63. The highest BCUT2D eigenvalue weighted by molar-refractivity contribution is 6.01. The Kier molecular flexibility index (Phi) is 7.22. The highest BCUT2D eigenvalue weighted by Crippen LogP contribution is 2.38. The fourth-order valence-corrected chi connectivity index (χ4v) is 5.25. The van der Waals surface area contributed by atoms with Crippen molar-refractivity contribution in [2.24, 2.45) is 0 Å². The molecule has 40 heavy (non-hydrogen) atoms. The summed E-state index contributed by atoms with van der Waals surface area (Å²) in [5, 5.41) is 19.3. The number of fused-ring (bicyclic) bond motifs is 1. The number of amides is 2. The van der Waals surface area contributed by atoms with E-state index in [2.05, 4.69) is 6.07 Å². The Morgan fingerprint density at radius 1 is 1.18 bits per heavy atom. The molecule has 204 valence electrons. The lowest BCUT2D eigenvalue weighted by Gasteiger charge is -2.32. The molecule has 0 spiro atoms. The molecular weight excluding hydrogens is 515 g/mol. The van der Waals surface area contributed by atoms with Crippen LogP contribution in [0, 0.1) is 24.1 Å². The fraction of sp³-hybridized carbons (Fsp3) is 0.300. The van der Waals surface area contributed by atoms with Gasteiger partial charge in [-0.05, 0) is 56.4 Å². The number of carbonyl (C=O) groups is 3. The molecule has 1 aliphatic heterocycles. The van der Waals surface area contributed by atoms with Crippen molar-refractivity contribution in [1.29, 1.82) is 5.26 Å². The molecule has 2 aliphatic rings. The predicted molar refractivity (Wildman–Crippen MR) is 146 cm³/mol. The number of pyridine rings is 1. The van der Waals surface area contributed by atoms with Crippen molar-refractivity contribution in [2.75, 3.05) is 24.5 Å². The SMILES string of the molecule is Cc1ccccc1C(=O)N(C=O)CC(C#N)=C1CCN(c2cc3c(cc2F)c(=O)c(C(=O)O)cn3C2CC2)CC1. The summed E-state index contributed by atoms with van der Waals surface area (Å²) in [5.41, 5.74) is 1.93. The van der Waals surface area contributed by atoms with Gasteiger partial charge in [0.2, 0.25) is 11.8 Å². The molecule has 0 radical (unpaired) electrons. The lowest BCUT2D eigenvalue weighted by atomic mass is 9.97. The Hall–Kier alpha value is -4.78. The first-order valence-corrected chi connectivity index (χ1v) is 13.0. The van der Waals surface area contributed by atoms with Crippen LogP contribution in [-0.4, -0.2) is 52.5 Å². The van der Waals surface area contributed by atoms with E-state index in [1.807, 2.05) is 4.90 Å². The number of hydrogen-bond donors (Lipinski definition) is 1. The van der Waals surface area contributed by atoms with E-state index in [1.165, 1.54) is 6.20 Å². The first kappa shape index (κ1) is 26.8. The molecule has 0 bridgehead atoms. The van der Waals surface area contributed by atoms with Gasteiger partial charge in [-0.2, -0.15) is 5.26 Å². The maximum absolute atomic E-state index is 15.3. The standard InChI is InChI=1S/C30H27FN4O5/c1-18-4-2-3-5-22(18)29(38)34(17-36)15-20(14-32)19-8-10-33(11-9-19)27-13-26-23(12-25(27)31)28(37)24(30(39)40)16-35(26)21-6-7-21/h2-5,12-13,16-17,21H,6-11,15H2,1H3,(H,39,40). The number of piperidine rings is 1. The van der Waals surface area contributed by atoms with Gasteiger partial charge in [0, 0.05) is 41.9 Å². The molecule has 1 N–H and O–H groups in total. The van der Waals surface area contributed by atoms with Gasteiger partial charge in [0.1, 0.15) is 11.4 Å². The second-order valence-corrected chi connectivity index (χ2v) is 10.2. The molecule has 2 amide bonds. The molecule has 2 heterocycles. The minimum atomic E-state index is -1.34. The Bertz CT molecular complexity index is 1670. The number of halogens is 1. The van der Waals surface area contributed by atoms with Crippen LogP contribution in [0.4, 0.5) is 10.1 Å². The molecule has 1 saturated heterocycles. The van der Waals surface area contributed by atoms with Gasteiger partial charge in [0.15, 0.2) is 0 Å². The zero-order valence-electron chi connectivity index (χ0n) is 21.9. The smallest absolute Gasteiger partial charge is 0.341 e. The number of nitrogens with zero attached hydrogens (tertiary/aromatic N) is 4. The number of carboxylic acid groups (broad SMARTS) is 1. The summed E-state index contributed by atoms with van der Waals surface area (Å²) in [6, 6.07) is 11.8. The predicted octanol–water partition coefficient (Wildman–Crippen LogP) is 4.20. The number of nitriles is 1.